The highest BCUT2D eigenvalue weighted by Crippen LogP contribution is 2.18. The highest BCUT2D eigenvalue weighted by molar-refractivity contribution is 7.99. The van der Waals surface area contributed by atoms with Crippen LogP contribution in [0, 0.1) is 0 Å². The normalized spacial score (nSPS) is 23.9. The van der Waals surface area contributed by atoms with E-state index in [0.717, 1.165) is 25.3 Å². The lowest BCUT2D eigenvalue weighted by molar-refractivity contribution is -0.125. The van der Waals surface area contributed by atoms with Crippen molar-refractivity contribution in [2.24, 2.45) is 5.73 Å². The lowest BCUT2D eigenvalue weighted by Crippen LogP contribution is -2.31. The van der Waals surface area contributed by atoms with Crippen molar-refractivity contribution in [3.05, 3.63) is 12.2 Å². The average Bonchev–Trinajstić information content (AvgIpc) is 2.39. The molecule has 0 aliphatic carbocycles. The third-order valence-electron chi connectivity index (χ3n) is 2.28. The molecule has 3 nitrogen and oxygen atoms in total. The molecule has 1 rings (SSSR count). The van der Waals surface area contributed by atoms with E-state index in [1.807, 2.05) is 16.7 Å². The Morgan fingerprint density at radius 1 is 1.64 bits per heavy atom. The smallest absolute Gasteiger partial charge is 0.246 e. The Kier molecular flexibility index (Phi) is 5.04. The second-order valence-electron chi connectivity index (χ2n) is 3.43. The molecule has 1 unspecified atom stereocenters. The molecule has 1 aliphatic rings. The average molecular weight is 214 g/mol. The molecule has 14 heavy (non-hydrogen) atoms. The van der Waals surface area contributed by atoms with Gasteiger partial charge >= 0.3 is 0 Å². The minimum Gasteiger partial charge on any atom is -0.338 e. The predicted molar refractivity (Wildman–Crippen MR) is 61.3 cm³/mol. The summed E-state index contributed by atoms with van der Waals surface area (Å²) in [5.74, 6) is 1.15. The number of carbonyl (C=O) groups excluding carboxylic acids is 1. The van der Waals surface area contributed by atoms with Crippen molar-refractivity contribution in [2.75, 3.05) is 25.4 Å². The third kappa shape index (κ3) is 3.72. The largest absolute Gasteiger partial charge is 0.338 e. The number of carbonyl (C=O) groups is 1. The van der Waals surface area contributed by atoms with Crippen molar-refractivity contribution in [3.8, 4) is 0 Å². The molecule has 1 amide bonds. The molecule has 0 aromatic heterocycles. The van der Waals surface area contributed by atoms with Crippen LogP contribution >= 0.6 is 11.8 Å². The predicted octanol–water partition coefficient (Wildman–Crippen LogP) is 0.855. The summed E-state index contributed by atoms with van der Waals surface area (Å²) in [4.78, 5) is 13.5. The van der Waals surface area contributed by atoms with Gasteiger partial charge in [-0.3, -0.25) is 4.79 Å². The summed E-state index contributed by atoms with van der Waals surface area (Å²) in [6.07, 6.45) is 4.39. The molecule has 2 N–H and O–H groups in total. The van der Waals surface area contributed by atoms with E-state index in [-0.39, 0.29) is 5.91 Å². The number of thioether (sulfide) groups is 1. The maximum atomic E-state index is 11.6. The van der Waals surface area contributed by atoms with Crippen molar-refractivity contribution in [3.63, 3.8) is 0 Å². The van der Waals surface area contributed by atoms with Gasteiger partial charge in [0, 0.05) is 36.7 Å². The van der Waals surface area contributed by atoms with Gasteiger partial charge < -0.3 is 10.6 Å². The first kappa shape index (κ1) is 11.6. The number of hydrogen-bond donors (Lipinski definition) is 1. The summed E-state index contributed by atoms with van der Waals surface area (Å²) >= 11 is 1.94. The molecule has 0 aromatic rings. The molecular weight excluding hydrogens is 196 g/mol. The molecule has 0 bridgehead atoms. The molecule has 0 spiro atoms. The minimum atomic E-state index is 0.102. The van der Waals surface area contributed by atoms with E-state index < -0.39 is 0 Å². The number of amides is 1. The number of nitrogens with zero attached hydrogens (tertiary/aromatic N) is 1. The quantitative estimate of drug-likeness (QED) is 0.693. The SMILES string of the molecule is CC1CCN(C(=O)/C=C/CN)CCS1. The molecule has 1 fully saturated rings. The van der Waals surface area contributed by atoms with E-state index in [2.05, 4.69) is 6.92 Å². The van der Waals surface area contributed by atoms with Crippen LogP contribution in [0.25, 0.3) is 0 Å². The number of hydrogen-bond acceptors (Lipinski definition) is 3. The van der Waals surface area contributed by atoms with Gasteiger partial charge in [-0.25, -0.2) is 0 Å². The highest BCUT2D eigenvalue weighted by Gasteiger charge is 2.16. The first-order chi connectivity index (χ1) is 6.74. The standard InChI is InChI=1S/C10H18N2OS/c1-9-4-6-12(7-8-14-9)10(13)3-2-5-11/h2-3,9H,4-8,11H2,1H3/b3-2+. The molecule has 1 saturated heterocycles. The maximum Gasteiger partial charge on any atom is 0.246 e. The summed E-state index contributed by atoms with van der Waals surface area (Å²) < 4.78 is 0. The molecular formula is C10H18N2OS. The lowest BCUT2D eigenvalue weighted by Gasteiger charge is -2.17. The molecule has 1 aliphatic heterocycles. The van der Waals surface area contributed by atoms with Crippen LogP contribution in [-0.4, -0.2) is 41.4 Å². The van der Waals surface area contributed by atoms with Crippen LogP contribution in [0.2, 0.25) is 0 Å². The first-order valence-corrected chi connectivity index (χ1v) is 6.06. The second-order valence-corrected chi connectivity index (χ2v) is 4.98. The zero-order valence-corrected chi connectivity index (χ0v) is 9.43. The van der Waals surface area contributed by atoms with Gasteiger partial charge in [-0.2, -0.15) is 11.8 Å². The molecule has 80 valence electrons. The van der Waals surface area contributed by atoms with Crippen LogP contribution in [0.15, 0.2) is 12.2 Å². The van der Waals surface area contributed by atoms with E-state index in [1.165, 1.54) is 0 Å². The van der Waals surface area contributed by atoms with Gasteiger partial charge in [-0.15, -0.1) is 0 Å². The summed E-state index contributed by atoms with van der Waals surface area (Å²) in [6, 6.07) is 0. The Morgan fingerprint density at radius 2 is 2.43 bits per heavy atom. The van der Waals surface area contributed by atoms with Crippen molar-refractivity contribution in [2.45, 2.75) is 18.6 Å². The third-order valence-corrected chi connectivity index (χ3v) is 3.50. The number of nitrogens with two attached hydrogens (primary N) is 1. The van der Waals surface area contributed by atoms with Crippen molar-refractivity contribution < 1.29 is 4.79 Å². The van der Waals surface area contributed by atoms with E-state index in [0.29, 0.717) is 11.8 Å². The molecule has 1 atom stereocenters. The summed E-state index contributed by atoms with van der Waals surface area (Å²) in [7, 11) is 0. The Morgan fingerprint density at radius 3 is 3.14 bits per heavy atom. The number of rotatable bonds is 2. The Bertz CT molecular complexity index is 218. The van der Waals surface area contributed by atoms with Crippen molar-refractivity contribution in [1.29, 1.82) is 0 Å². The second kappa shape index (κ2) is 6.09. The van der Waals surface area contributed by atoms with Gasteiger partial charge in [-0.05, 0) is 6.42 Å². The zero-order valence-electron chi connectivity index (χ0n) is 8.61. The Balaban J connectivity index is 2.43. The van der Waals surface area contributed by atoms with Gasteiger partial charge in [0.2, 0.25) is 5.91 Å². The van der Waals surface area contributed by atoms with Crippen LogP contribution in [0.5, 0.6) is 0 Å². The van der Waals surface area contributed by atoms with Crippen molar-refractivity contribution >= 4 is 17.7 Å². The summed E-state index contributed by atoms with van der Waals surface area (Å²) in [5.41, 5.74) is 5.30. The van der Waals surface area contributed by atoms with Gasteiger partial charge in [0.1, 0.15) is 0 Å². The highest BCUT2D eigenvalue weighted by atomic mass is 32.2. The summed E-state index contributed by atoms with van der Waals surface area (Å²) in [6.45, 7) is 4.39. The molecule has 1 heterocycles. The maximum absolute atomic E-state index is 11.6. The van der Waals surface area contributed by atoms with Gasteiger partial charge in [0.05, 0.1) is 0 Å². The molecule has 4 heteroatoms. The topological polar surface area (TPSA) is 46.3 Å². The van der Waals surface area contributed by atoms with Crippen LogP contribution in [0.4, 0.5) is 0 Å². The van der Waals surface area contributed by atoms with E-state index in [9.17, 15) is 4.79 Å². The fourth-order valence-corrected chi connectivity index (χ4v) is 2.39. The van der Waals surface area contributed by atoms with Gasteiger partial charge in [0.25, 0.3) is 0 Å². The fraction of sp³-hybridized carbons (Fsp3) is 0.700. The van der Waals surface area contributed by atoms with Crippen LogP contribution < -0.4 is 5.73 Å². The van der Waals surface area contributed by atoms with E-state index in [1.54, 1.807) is 12.2 Å². The molecule has 0 saturated carbocycles. The van der Waals surface area contributed by atoms with E-state index >= 15 is 0 Å². The van der Waals surface area contributed by atoms with Crippen LogP contribution in [0.3, 0.4) is 0 Å². The minimum absolute atomic E-state index is 0.102. The monoisotopic (exact) mass is 214 g/mol. The summed E-state index contributed by atoms with van der Waals surface area (Å²) in [5, 5.41) is 0.672. The first-order valence-electron chi connectivity index (χ1n) is 5.01. The van der Waals surface area contributed by atoms with E-state index in [4.69, 9.17) is 5.73 Å². The van der Waals surface area contributed by atoms with Gasteiger partial charge in [-0.1, -0.05) is 13.0 Å². The molecule has 0 aromatic carbocycles. The van der Waals surface area contributed by atoms with Crippen molar-refractivity contribution in [1.82, 2.24) is 4.90 Å². The fourth-order valence-electron chi connectivity index (χ4n) is 1.39. The lowest BCUT2D eigenvalue weighted by atomic mass is 10.3. The van der Waals surface area contributed by atoms with Crippen LogP contribution in [0.1, 0.15) is 13.3 Å². The molecule has 0 radical (unpaired) electrons. The Labute approximate surface area is 89.7 Å². The van der Waals surface area contributed by atoms with Crippen LogP contribution in [-0.2, 0) is 4.79 Å². The zero-order chi connectivity index (χ0) is 10.4. The van der Waals surface area contributed by atoms with Gasteiger partial charge in [0.15, 0.2) is 0 Å². The Hall–Kier alpha value is -0.480.